The SMILES string of the molecule is C(#Cc1cc2sc(-c3ccc(-c4cnc[nH]4)cc3)cc2s1)c1cnc[nH]1. The number of hydrogen-bond donors (Lipinski definition) is 2. The highest BCUT2D eigenvalue weighted by Gasteiger charge is 2.08. The van der Waals surface area contributed by atoms with Crippen LogP contribution in [0.4, 0.5) is 0 Å². The molecule has 0 aliphatic rings. The third-order valence-electron chi connectivity index (χ3n) is 4.00. The van der Waals surface area contributed by atoms with Crippen LogP contribution in [0.3, 0.4) is 0 Å². The van der Waals surface area contributed by atoms with E-state index in [0.29, 0.717) is 0 Å². The number of imidazole rings is 2. The van der Waals surface area contributed by atoms with Gasteiger partial charge in [0.15, 0.2) is 0 Å². The Kier molecular flexibility index (Phi) is 3.67. The van der Waals surface area contributed by atoms with E-state index in [0.717, 1.165) is 21.8 Å². The molecule has 0 aliphatic heterocycles. The maximum Gasteiger partial charge on any atom is 0.109 e. The summed E-state index contributed by atoms with van der Waals surface area (Å²) in [4.78, 5) is 16.5. The molecule has 0 bridgehead atoms. The zero-order chi connectivity index (χ0) is 17.3. The van der Waals surface area contributed by atoms with Gasteiger partial charge in [0, 0.05) is 14.3 Å². The molecule has 5 rings (SSSR count). The van der Waals surface area contributed by atoms with Crippen LogP contribution in [-0.2, 0) is 0 Å². The third kappa shape index (κ3) is 2.84. The average molecular weight is 372 g/mol. The largest absolute Gasteiger partial charge is 0.345 e. The predicted octanol–water partition coefficient (Wildman–Crippen LogP) is 5.14. The lowest BCUT2D eigenvalue weighted by atomic mass is 10.1. The average Bonchev–Trinajstić information content (AvgIpc) is 3.44. The first-order valence-corrected chi connectivity index (χ1v) is 9.61. The van der Waals surface area contributed by atoms with Crippen molar-refractivity contribution in [2.75, 3.05) is 0 Å². The van der Waals surface area contributed by atoms with Crippen molar-refractivity contribution in [3.8, 4) is 33.5 Å². The summed E-state index contributed by atoms with van der Waals surface area (Å²) in [5.74, 6) is 6.30. The van der Waals surface area contributed by atoms with Gasteiger partial charge in [-0.05, 0) is 35.1 Å². The zero-order valence-corrected chi connectivity index (χ0v) is 15.1. The maximum atomic E-state index is 4.07. The molecule has 5 aromatic rings. The number of nitrogens with one attached hydrogen (secondary N) is 2. The summed E-state index contributed by atoms with van der Waals surface area (Å²) in [7, 11) is 0. The van der Waals surface area contributed by atoms with E-state index in [1.807, 2.05) is 6.20 Å². The molecule has 0 spiro atoms. The van der Waals surface area contributed by atoms with Crippen LogP contribution in [0.15, 0.2) is 61.4 Å². The van der Waals surface area contributed by atoms with Crippen molar-refractivity contribution < 1.29 is 0 Å². The Labute approximate surface area is 157 Å². The summed E-state index contributed by atoms with van der Waals surface area (Å²) in [6.07, 6.45) is 6.90. The molecule has 0 amide bonds. The Bertz CT molecular complexity index is 1180. The monoisotopic (exact) mass is 372 g/mol. The molecule has 0 saturated heterocycles. The van der Waals surface area contributed by atoms with E-state index in [9.17, 15) is 0 Å². The van der Waals surface area contributed by atoms with Gasteiger partial charge in [0.1, 0.15) is 5.69 Å². The van der Waals surface area contributed by atoms with Crippen molar-refractivity contribution in [2.45, 2.75) is 0 Å². The number of thiophene rings is 2. The van der Waals surface area contributed by atoms with Gasteiger partial charge in [-0.25, -0.2) is 9.97 Å². The summed E-state index contributed by atoms with van der Waals surface area (Å²) in [5.41, 5.74) is 4.23. The van der Waals surface area contributed by atoms with E-state index in [2.05, 4.69) is 68.2 Å². The lowest BCUT2D eigenvalue weighted by Gasteiger charge is -2.00. The molecule has 0 saturated carbocycles. The molecule has 4 heterocycles. The lowest BCUT2D eigenvalue weighted by molar-refractivity contribution is 1.30. The van der Waals surface area contributed by atoms with Crippen LogP contribution in [0.2, 0.25) is 0 Å². The minimum atomic E-state index is 0.833. The topological polar surface area (TPSA) is 57.4 Å². The first kappa shape index (κ1) is 15.1. The first-order valence-electron chi connectivity index (χ1n) is 7.98. The maximum absolute atomic E-state index is 4.07. The smallest absolute Gasteiger partial charge is 0.109 e. The van der Waals surface area contributed by atoms with Gasteiger partial charge in [0.25, 0.3) is 0 Å². The van der Waals surface area contributed by atoms with Gasteiger partial charge >= 0.3 is 0 Å². The summed E-state index contributed by atoms with van der Waals surface area (Å²) >= 11 is 3.53. The van der Waals surface area contributed by atoms with E-state index in [4.69, 9.17) is 0 Å². The number of benzene rings is 1. The van der Waals surface area contributed by atoms with Gasteiger partial charge in [0.05, 0.1) is 35.6 Å². The van der Waals surface area contributed by atoms with Crippen molar-refractivity contribution >= 4 is 32.1 Å². The minimum absolute atomic E-state index is 0.833. The highest BCUT2D eigenvalue weighted by atomic mass is 32.1. The highest BCUT2D eigenvalue weighted by molar-refractivity contribution is 7.29. The van der Waals surface area contributed by atoms with Crippen LogP contribution in [0.1, 0.15) is 10.6 Å². The molecule has 4 nitrogen and oxygen atoms in total. The summed E-state index contributed by atoms with van der Waals surface area (Å²) in [6.45, 7) is 0. The van der Waals surface area contributed by atoms with E-state index in [1.165, 1.54) is 19.8 Å². The summed E-state index contributed by atoms with van der Waals surface area (Å²) in [5, 5.41) is 0. The van der Waals surface area contributed by atoms with Crippen molar-refractivity contribution in [3.05, 3.63) is 72.0 Å². The fraction of sp³-hybridized carbons (Fsp3) is 0. The molecule has 1 aromatic carbocycles. The molecular formula is C20H12N4S2. The van der Waals surface area contributed by atoms with Gasteiger partial charge in [-0.1, -0.05) is 24.3 Å². The second kappa shape index (κ2) is 6.30. The normalized spacial score (nSPS) is 10.8. The molecule has 0 aliphatic carbocycles. The Morgan fingerprint density at radius 3 is 2.27 bits per heavy atom. The number of fused-ring (bicyclic) bond motifs is 1. The highest BCUT2D eigenvalue weighted by Crippen LogP contribution is 2.38. The van der Waals surface area contributed by atoms with E-state index in [-0.39, 0.29) is 0 Å². The van der Waals surface area contributed by atoms with Gasteiger partial charge in [-0.3, -0.25) is 0 Å². The van der Waals surface area contributed by atoms with Crippen molar-refractivity contribution in [1.29, 1.82) is 0 Å². The Morgan fingerprint density at radius 1 is 0.769 bits per heavy atom. The van der Waals surface area contributed by atoms with Crippen molar-refractivity contribution in [1.82, 2.24) is 19.9 Å². The Hall–Kier alpha value is -3.14. The molecular weight excluding hydrogens is 360 g/mol. The first-order chi connectivity index (χ1) is 12.8. The molecule has 6 heteroatoms. The summed E-state index contributed by atoms with van der Waals surface area (Å²) in [6, 6.07) is 13.0. The zero-order valence-electron chi connectivity index (χ0n) is 13.5. The third-order valence-corrected chi connectivity index (χ3v) is 6.26. The molecule has 0 radical (unpaired) electrons. The quantitative estimate of drug-likeness (QED) is 0.421. The Morgan fingerprint density at radius 2 is 1.54 bits per heavy atom. The number of rotatable bonds is 2. The molecule has 4 aromatic heterocycles. The van der Waals surface area contributed by atoms with Crippen LogP contribution in [0.25, 0.3) is 31.1 Å². The number of hydrogen-bond acceptors (Lipinski definition) is 4. The molecule has 124 valence electrons. The number of aromatic amines is 2. The molecule has 0 fully saturated rings. The summed E-state index contributed by atoms with van der Waals surface area (Å²) < 4.78 is 2.55. The molecule has 0 atom stereocenters. The van der Waals surface area contributed by atoms with Gasteiger partial charge in [-0.15, -0.1) is 22.7 Å². The number of nitrogens with zero attached hydrogens (tertiary/aromatic N) is 2. The van der Waals surface area contributed by atoms with E-state index >= 15 is 0 Å². The van der Waals surface area contributed by atoms with Crippen molar-refractivity contribution in [2.24, 2.45) is 0 Å². The molecule has 26 heavy (non-hydrogen) atoms. The second-order valence-corrected chi connectivity index (χ2v) is 7.88. The fourth-order valence-electron chi connectivity index (χ4n) is 2.72. The fourth-order valence-corrected chi connectivity index (χ4v) is 4.98. The van der Waals surface area contributed by atoms with E-state index < -0.39 is 0 Å². The lowest BCUT2D eigenvalue weighted by Crippen LogP contribution is -1.77. The minimum Gasteiger partial charge on any atom is -0.345 e. The second-order valence-electron chi connectivity index (χ2n) is 5.71. The van der Waals surface area contributed by atoms with E-state index in [1.54, 1.807) is 41.5 Å². The Balaban J connectivity index is 1.42. The van der Waals surface area contributed by atoms with Crippen LogP contribution in [0, 0.1) is 11.8 Å². The van der Waals surface area contributed by atoms with Gasteiger partial charge in [0.2, 0.25) is 0 Å². The van der Waals surface area contributed by atoms with Crippen LogP contribution in [0.5, 0.6) is 0 Å². The number of aromatic nitrogens is 4. The predicted molar refractivity (Wildman–Crippen MR) is 107 cm³/mol. The van der Waals surface area contributed by atoms with Crippen molar-refractivity contribution in [3.63, 3.8) is 0 Å². The standard InChI is InChI=1S/C20H12N4S2/c1-3-14(4-2-13(1)17-10-22-12-24-17)18-8-20-19(26-18)7-16(25-20)6-5-15-9-21-11-23-15/h1-4,7-12H,(H,21,23)(H,22,24). The number of H-pyrrole nitrogens is 2. The van der Waals surface area contributed by atoms with Gasteiger partial charge in [-0.2, -0.15) is 0 Å². The molecule has 0 unspecified atom stereocenters. The van der Waals surface area contributed by atoms with Crippen LogP contribution in [-0.4, -0.2) is 19.9 Å². The van der Waals surface area contributed by atoms with Crippen LogP contribution >= 0.6 is 22.7 Å². The van der Waals surface area contributed by atoms with Crippen LogP contribution < -0.4 is 0 Å². The molecule has 2 N–H and O–H groups in total. The van der Waals surface area contributed by atoms with Gasteiger partial charge < -0.3 is 9.97 Å².